The van der Waals surface area contributed by atoms with Crippen LogP contribution in [0.25, 0.3) is 0 Å². The molecule has 2 fully saturated rings. The smallest absolute Gasteiger partial charge is 0.256 e. The molecular formula is C16H22FN3O. The summed E-state index contributed by atoms with van der Waals surface area (Å²) in [6.45, 7) is 5.08. The molecule has 1 amide bonds. The number of likely N-dealkylation sites (tertiary alicyclic amines) is 2. The lowest BCUT2D eigenvalue weighted by Crippen LogP contribution is -2.41. The molecule has 21 heavy (non-hydrogen) atoms. The maximum Gasteiger partial charge on any atom is 0.256 e. The van der Waals surface area contributed by atoms with Crippen molar-refractivity contribution in [3.8, 4) is 0 Å². The minimum atomic E-state index is -0.526. The zero-order valence-corrected chi connectivity index (χ0v) is 12.3. The Bertz CT molecular complexity index is 494. The zero-order valence-electron chi connectivity index (χ0n) is 12.3. The van der Waals surface area contributed by atoms with Gasteiger partial charge in [-0.15, -0.1) is 0 Å². The van der Waals surface area contributed by atoms with E-state index in [-0.39, 0.29) is 11.5 Å². The minimum absolute atomic E-state index is 0.142. The first kappa shape index (κ1) is 14.4. The molecule has 2 aliphatic rings. The third-order valence-corrected chi connectivity index (χ3v) is 4.62. The molecule has 5 heteroatoms. The molecule has 0 aliphatic carbocycles. The second-order valence-electron chi connectivity index (χ2n) is 6.10. The molecule has 0 N–H and O–H groups in total. The van der Waals surface area contributed by atoms with Crippen LogP contribution in [0.4, 0.5) is 4.39 Å². The van der Waals surface area contributed by atoms with Gasteiger partial charge in [0.2, 0.25) is 0 Å². The Hall–Kier alpha value is -1.49. The molecule has 0 radical (unpaired) electrons. The molecule has 4 nitrogen and oxygen atoms in total. The summed E-state index contributed by atoms with van der Waals surface area (Å²) in [7, 11) is 0. The number of hydrogen-bond donors (Lipinski definition) is 0. The van der Waals surface area contributed by atoms with Gasteiger partial charge in [0.1, 0.15) is 0 Å². The lowest BCUT2D eigenvalue weighted by Gasteiger charge is -2.34. The van der Waals surface area contributed by atoms with Crippen molar-refractivity contribution in [1.82, 2.24) is 14.8 Å². The Morgan fingerprint density at radius 1 is 1.24 bits per heavy atom. The van der Waals surface area contributed by atoms with E-state index in [0.717, 1.165) is 38.7 Å². The number of carbonyl (C=O) groups excluding carboxylic acids is 1. The Morgan fingerprint density at radius 2 is 1.95 bits per heavy atom. The Morgan fingerprint density at radius 3 is 2.62 bits per heavy atom. The van der Waals surface area contributed by atoms with Crippen LogP contribution >= 0.6 is 0 Å². The maximum atomic E-state index is 13.6. The van der Waals surface area contributed by atoms with E-state index in [4.69, 9.17) is 0 Å². The molecule has 3 rings (SSSR count). The summed E-state index contributed by atoms with van der Waals surface area (Å²) in [5.74, 6) is -0.0503. The highest BCUT2D eigenvalue weighted by Gasteiger charge is 2.26. The van der Waals surface area contributed by atoms with Gasteiger partial charge in [-0.2, -0.15) is 0 Å². The lowest BCUT2D eigenvalue weighted by atomic mass is 9.96. The summed E-state index contributed by atoms with van der Waals surface area (Å²) in [6.07, 6.45) is 7.25. The summed E-state index contributed by atoms with van der Waals surface area (Å²) < 4.78 is 13.6. The first-order valence-corrected chi connectivity index (χ1v) is 7.85. The number of rotatable bonds is 3. The molecule has 0 atom stereocenters. The predicted octanol–water partition coefficient (Wildman–Crippen LogP) is 2.17. The van der Waals surface area contributed by atoms with Gasteiger partial charge in [0.25, 0.3) is 5.91 Å². The molecule has 114 valence electrons. The van der Waals surface area contributed by atoms with Crippen molar-refractivity contribution in [3.05, 3.63) is 29.8 Å². The second-order valence-corrected chi connectivity index (χ2v) is 6.10. The molecule has 2 aliphatic heterocycles. The van der Waals surface area contributed by atoms with Crippen molar-refractivity contribution >= 4 is 5.91 Å². The van der Waals surface area contributed by atoms with Crippen LogP contribution in [-0.4, -0.2) is 53.4 Å². The van der Waals surface area contributed by atoms with Crippen LogP contribution in [0.3, 0.4) is 0 Å². The molecule has 0 spiro atoms. The summed E-state index contributed by atoms with van der Waals surface area (Å²) >= 11 is 0. The fraction of sp³-hybridized carbons (Fsp3) is 0.625. The highest BCUT2D eigenvalue weighted by atomic mass is 19.1. The Labute approximate surface area is 125 Å². The Kier molecular flexibility index (Phi) is 4.48. The first-order valence-electron chi connectivity index (χ1n) is 7.85. The highest BCUT2D eigenvalue weighted by Crippen LogP contribution is 2.22. The van der Waals surface area contributed by atoms with Gasteiger partial charge in [0.15, 0.2) is 5.82 Å². The molecule has 1 aromatic heterocycles. The fourth-order valence-electron chi connectivity index (χ4n) is 3.37. The van der Waals surface area contributed by atoms with E-state index in [0.29, 0.717) is 5.92 Å². The largest absolute Gasteiger partial charge is 0.339 e. The van der Waals surface area contributed by atoms with Crippen LogP contribution in [0, 0.1) is 11.7 Å². The van der Waals surface area contributed by atoms with E-state index in [1.807, 2.05) is 0 Å². The molecule has 0 unspecified atom stereocenters. The molecule has 0 saturated carbocycles. The summed E-state index contributed by atoms with van der Waals surface area (Å²) in [4.78, 5) is 20.3. The number of aromatic nitrogens is 1. The SMILES string of the molecule is O=C(c1ccncc1F)N1CCC(CN2CCCC2)CC1. The number of nitrogens with zero attached hydrogens (tertiary/aromatic N) is 3. The van der Waals surface area contributed by atoms with E-state index in [1.54, 1.807) is 4.90 Å². The third kappa shape index (κ3) is 3.40. The van der Waals surface area contributed by atoms with Gasteiger partial charge in [0.05, 0.1) is 11.8 Å². The van der Waals surface area contributed by atoms with Gasteiger partial charge in [-0.05, 0) is 50.8 Å². The topological polar surface area (TPSA) is 36.4 Å². The number of carbonyl (C=O) groups is 1. The Balaban J connectivity index is 1.53. The summed E-state index contributed by atoms with van der Waals surface area (Å²) in [5.41, 5.74) is 0.142. The van der Waals surface area contributed by atoms with Crippen LogP contribution in [0.1, 0.15) is 36.0 Å². The number of pyridine rings is 1. The molecule has 2 saturated heterocycles. The second kappa shape index (κ2) is 6.52. The standard InChI is InChI=1S/C16H22FN3O/c17-15-11-18-6-3-14(15)16(21)20-9-4-13(5-10-20)12-19-7-1-2-8-19/h3,6,11,13H,1-2,4-5,7-10,12H2. The van der Waals surface area contributed by atoms with Crippen molar-refractivity contribution in [3.63, 3.8) is 0 Å². The number of hydrogen-bond acceptors (Lipinski definition) is 3. The quantitative estimate of drug-likeness (QED) is 0.856. The third-order valence-electron chi connectivity index (χ3n) is 4.62. The van der Waals surface area contributed by atoms with Crippen molar-refractivity contribution in [2.45, 2.75) is 25.7 Å². The van der Waals surface area contributed by atoms with Crippen LogP contribution < -0.4 is 0 Å². The minimum Gasteiger partial charge on any atom is -0.339 e. The van der Waals surface area contributed by atoms with E-state index in [2.05, 4.69) is 9.88 Å². The van der Waals surface area contributed by atoms with Crippen molar-refractivity contribution < 1.29 is 9.18 Å². The van der Waals surface area contributed by atoms with Crippen LogP contribution in [0.2, 0.25) is 0 Å². The van der Waals surface area contributed by atoms with Crippen molar-refractivity contribution in [2.24, 2.45) is 5.92 Å². The maximum absolute atomic E-state index is 13.6. The highest BCUT2D eigenvalue weighted by molar-refractivity contribution is 5.94. The molecule has 1 aromatic rings. The number of amides is 1. The predicted molar refractivity (Wildman–Crippen MR) is 78.5 cm³/mol. The monoisotopic (exact) mass is 291 g/mol. The van der Waals surface area contributed by atoms with Gasteiger partial charge in [-0.1, -0.05) is 0 Å². The summed E-state index contributed by atoms with van der Waals surface area (Å²) in [5, 5.41) is 0. The van der Waals surface area contributed by atoms with Gasteiger partial charge in [-0.25, -0.2) is 4.39 Å². The number of piperidine rings is 1. The molecule has 0 bridgehead atoms. The van der Waals surface area contributed by atoms with E-state index >= 15 is 0 Å². The lowest BCUT2D eigenvalue weighted by molar-refractivity contribution is 0.0668. The van der Waals surface area contributed by atoms with E-state index in [9.17, 15) is 9.18 Å². The first-order chi connectivity index (χ1) is 10.2. The van der Waals surface area contributed by atoms with E-state index in [1.165, 1.54) is 38.2 Å². The van der Waals surface area contributed by atoms with Crippen LogP contribution in [0.5, 0.6) is 0 Å². The van der Waals surface area contributed by atoms with Gasteiger partial charge in [-0.3, -0.25) is 9.78 Å². The van der Waals surface area contributed by atoms with Crippen molar-refractivity contribution in [1.29, 1.82) is 0 Å². The zero-order chi connectivity index (χ0) is 14.7. The van der Waals surface area contributed by atoms with Gasteiger partial charge in [0, 0.05) is 25.8 Å². The molecule has 3 heterocycles. The number of halogens is 1. The average molecular weight is 291 g/mol. The van der Waals surface area contributed by atoms with Gasteiger partial charge >= 0.3 is 0 Å². The fourth-order valence-corrected chi connectivity index (χ4v) is 3.37. The average Bonchev–Trinajstić information content (AvgIpc) is 3.01. The summed E-state index contributed by atoms with van der Waals surface area (Å²) in [6, 6.07) is 1.47. The molecule has 0 aromatic carbocycles. The normalized spacial score (nSPS) is 20.9. The molecular weight excluding hydrogens is 269 g/mol. The van der Waals surface area contributed by atoms with Crippen LogP contribution in [0.15, 0.2) is 18.5 Å². The van der Waals surface area contributed by atoms with E-state index < -0.39 is 5.82 Å². The van der Waals surface area contributed by atoms with Crippen LogP contribution in [-0.2, 0) is 0 Å². The van der Waals surface area contributed by atoms with Gasteiger partial charge < -0.3 is 9.80 Å². The van der Waals surface area contributed by atoms with Crippen molar-refractivity contribution in [2.75, 3.05) is 32.7 Å².